The number of phenolic OH excluding ortho intramolecular Hbond substituents is 1. The van der Waals surface area contributed by atoms with Gasteiger partial charge in [-0.15, -0.1) is 0 Å². The Morgan fingerprint density at radius 1 is 1.00 bits per heavy atom. The topological polar surface area (TPSA) is 29.5 Å². The molecule has 0 saturated heterocycles. The van der Waals surface area contributed by atoms with Crippen molar-refractivity contribution in [2.24, 2.45) is 0 Å². The number of hydrogen-bond acceptors (Lipinski definition) is 2. The van der Waals surface area contributed by atoms with Crippen LogP contribution in [0, 0.1) is 0 Å². The standard InChI is InChI=1S/C18H21BrO2/c1-12(2)21-15-8-5-13(6-9-15)18(3,4)14-7-10-17(20)16(19)11-14/h5-12,20H,1-4H3. The molecular formula is C18H21BrO2. The Morgan fingerprint density at radius 2 is 1.57 bits per heavy atom. The van der Waals surface area contributed by atoms with E-state index in [1.54, 1.807) is 6.07 Å². The van der Waals surface area contributed by atoms with Gasteiger partial charge in [0.25, 0.3) is 0 Å². The first kappa shape index (κ1) is 15.9. The molecule has 2 aromatic carbocycles. The molecule has 2 aromatic rings. The van der Waals surface area contributed by atoms with Gasteiger partial charge in [-0.1, -0.05) is 32.0 Å². The number of halogens is 1. The van der Waals surface area contributed by atoms with Gasteiger partial charge in [0, 0.05) is 5.41 Å². The third-order valence-electron chi connectivity index (χ3n) is 3.62. The summed E-state index contributed by atoms with van der Waals surface area (Å²) in [4.78, 5) is 0. The molecule has 0 aliphatic heterocycles. The van der Waals surface area contributed by atoms with E-state index in [9.17, 15) is 5.11 Å². The highest BCUT2D eigenvalue weighted by atomic mass is 79.9. The van der Waals surface area contributed by atoms with Gasteiger partial charge in [0.2, 0.25) is 0 Å². The molecule has 1 N–H and O–H groups in total. The van der Waals surface area contributed by atoms with Crippen molar-refractivity contribution < 1.29 is 9.84 Å². The van der Waals surface area contributed by atoms with Crippen LogP contribution in [0.3, 0.4) is 0 Å². The lowest BCUT2D eigenvalue weighted by Crippen LogP contribution is -2.18. The van der Waals surface area contributed by atoms with E-state index in [0.717, 1.165) is 11.3 Å². The summed E-state index contributed by atoms with van der Waals surface area (Å²) in [6.45, 7) is 8.38. The molecule has 0 aliphatic rings. The van der Waals surface area contributed by atoms with Crippen molar-refractivity contribution in [1.29, 1.82) is 0 Å². The fraction of sp³-hybridized carbons (Fsp3) is 0.333. The predicted octanol–water partition coefficient (Wildman–Crippen LogP) is 5.27. The van der Waals surface area contributed by atoms with Crippen molar-refractivity contribution in [1.82, 2.24) is 0 Å². The Morgan fingerprint density at radius 3 is 2.10 bits per heavy atom. The van der Waals surface area contributed by atoms with Crippen LogP contribution < -0.4 is 4.74 Å². The average molecular weight is 349 g/mol. The Balaban J connectivity index is 2.32. The van der Waals surface area contributed by atoms with E-state index in [2.05, 4.69) is 41.9 Å². The maximum absolute atomic E-state index is 9.64. The van der Waals surface area contributed by atoms with Crippen LogP contribution in [-0.2, 0) is 5.41 Å². The van der Waals surface area contributed by atoms with E-state index >= 15 is 0 Å². The molecule has 0 saturated carbocycles. The van der Waals surface area contributed by atoms with Crippen LogP contribution in [0.4, 0.5) is 0 Å². The van der Waals surface area contributed by atoms with Crippen molar-refractivity contribution in [2.45, 2.75) is 39.2 Å². The molecule has 0 amide bonds. The first-order valence-electron chi connectivity index (χ1n) is 7.07. The molecule has 2 rings (SSSR count). The Bertz CT molecular complexity index is 616. The number of phenols is 1. The molecule has 0 fully saturated rings. The second-order valence-corrected chi connectivity index (χ2v) is 6.84. The van der Waals surface area contributed by atoms with Gasteiger partial charge in [-0.3, -0.25) is 0 Å². The van der Waals surface area contributed by atoms with E-state index in [1.807, 2.05) is 38.1 Å². The van der Waals surface area contributed by atoms with Crippen LogP contribution in [0.25, 0.3) is 0 Å². The highest BCUT2D eigenvalue weighted by Crippen LogP contribution is 2.36. The van der Waals surface area contributed by atoms with Crippen LogP contribution in [0.15, 0.2) is 46.9 Å². The van der Waals surface area contributed by atoms with E-state index in [4.69, 9.17) is 4.74 Å². The minimum Gasteiger partial charge on any atom is -0.507 e. The first-order valence-corrected chi connectivity index (χ1v) is 7.86. The number of rotatable bonds is 4. The van der Waals surface area contributed by atoms with Crippen LogP contribution in [0.2, 0.25) is 0 Å². The van der Waals surface area contributed by atoms with E-state index in [1.165, 1.54) is 5.56 Å². The molecule has 0 atom stereocenters. The van der Waals surface area contributed by atoms with Crippen molar-refractivity contribution in [3.8, 4) is 11.5 Å². The minimum absolute atomic E-state index is 0.146. The van der Waals surface area contributed by atoms with Gasteiger partial charge < -0.3 is 9.84 Å². The summed E-state index contributed by atoms with van der Waals surface area (Å²) in [6, 6.07) is 13.8. The Hall–Kier alpha value is -1.48. The monoisotopic (exact) mass is 348 g/mol. The number of benzene rings is 2. The predicted molar refractivity (Wildman–Crippen MR) is 90.1 cm³/mol. The summed E-state index contributed by atoms with van der Waals surface area (Å²) in [5.41, 5.74) is 2.20. The summed E-state index contributed by atoms with van der Waals surface area (Å²) in [5, 5.41) is 9.64. The fourth-order valence-electron chi connectivity index (χ4n) is 2.28. The lowest BCUT2D eigenvalue weighted by atomic mass is 9.78. The molecule has 0 aromatic heterocycles. The fourth-order valence-corrected chi connectivity index (χ4v) is 2.66. The molecule has 2 nitrogen and oxygen atoms in total. The maximum atomic E-state index is 9.64. The van der Waals surface area contributed by atoms with Gasteiger partial charge in [0.1, 0.15) is 11.5 Å². The van der Waals surface area contributed by atoms with E-state index in [-0.39, 0.29) is 17.3 Å². The molecule has 0 unspecified atom stereocenters. The van der Waals surface area contributed by atoms with Gasteiger partial charge in [-0.2, -0.15) is 0 Å². The molecule has 0 radical (unpaired) electrons. The lowest BCUT2D eigenvalue weighted by Gasteiger charge is -2.27. The SMILES string of the molecule is CC(C)Oc1ccc(C(C)(C)c2ccc(O)c(Br)c2)cc1. The van der Waals surface area contributed by atoms with Gasteiger partial charge in [0.05, 0.1) is 10.6 Å². The highest BCUT2D eigenvalue weighted by molar-refractivity contribution is 9.10. The molecule has 0 spiro atoms. The number of aromatic hydroxyl groups is 1. The zero-order chi connectivity index (χ0) is 15.6. The lowest BCUT2D eigenvalue weighted by molar-refractivity contribution is 0.242. The van der Waals surface area contributed by atoms with Crippen molar-refractivity contribution in [3.63, 3.8) is 0 Å². The Kier molecular flexibility index (Phi) is 4.62. The second-order valence-electron chi connectivity index (χ2n) is 5.98. The van der Waals surface area contributed by atoms with Crippen LogP contribution in [0.5, 0.6) is 11.5 Å². The summed E-state index contributed by atoms with van der Waals surface area (Å²) in [7, 11) is 0. The summed E-state index contributed by atoms with van der Waals surface area (Å²) >= 11 is 3.38. The van der Waals surface area contributed by atoms with Gasteiger partial charge in [-0.25, -0.2) is 0 Å². The van der Waals surface area contributed by atoms with Gasteiger partial charge >= 0.3 is 0 Å². The summed E-state index contributed by atoms with van der Waals surface area (Å²) in [6.07, 6.45) is 0.178. The third kappa shape index (κ3) is 3.59. The maximum Gasteiger partial charge on any atom is 0.129 e. The second kappa shape index (κ2) is 6.10. The van der Waals surface area contributed by atoms with Crippen LogP contribution >= 0.6 is 15.9 Å². The third-order valence-corrected chi connectivity index (χ3v) is 4.25. The summed E-state index contributed by atoms with van der Waals surface area (Å²) < 4.78 is 6.40. The van der Waals surface area contributed by atoms with Crippen LogP contribution in [0.1, 0.15) is 38.8 Å². The molecular weight excluding hydrogens is 328 g/mol. The smallest absolute Gasteiger partial charge is 0.129 e. The zero-order valence-corrected chi connectivity index (χ0v) is 14.4. The molecule has 0 aliphatic carbocycles. The van der Waals surface area contributed by atoms with Gasteiger partial charge in [-0.05, 0) is 65.2 Å². The zero-order valence-electron chi connectivity index (χ0n) is 12.9. The van der Waals surface area contributed by atoms with Crippen LogP contribution in [-0.4, -0.2) is 11.2 Å². The number of ether oxygens (including phenoxy) is 1. The number of hydrogen-bond donors (Lipinski definition) is 1. The quantitative estimate of drug-likeness (QED) is 0.815. The Labute approximate surface area is 134 Å². The normalized spacial score (nSPS) is 11.7. The van der Waals surface area contributed by atoms with E-state index < -0.39 is 0 Å². The molecule has 0 bridgehead atoms. The average Bonchev–Trinajstić information content (AvgIpc) is 2.41. The first-order chi connectivity index (χ1) is 9.80. The van der Waals surface area contributed by atoms with Crippen molar-refractivity contribution in [2.75, 3.05) is 0 Å². The highest BCUT2D eigenvalue weighted by Gasteiger charge is 2.23. The van der Waals surface area contributed by atoms with Crippen molar-refractivity contribution >= 4 is 15.9 Å². The van der Waals surface area contributed by atoms with E-state index in [0.29, 0.717) is 4.47 Å². The minimum atomic E-state index is -0.146. The summed E-state index contributed by atoms with van der Waals surface area (Å²) in [5.74, 6) is 1.15. The molecule has 0 heterocycles. The largest absolute Gasteiger partial charge is 0.507 e. The van der Waals surface area contributed by atoms with Crippen molar-refractivity contribution in [3.05, 3.63) is 58.1 Å². The molecule has 21 heavy (non-hydrogen) atoms. The molecule has 3 heteroatoms. The molecule has 112 valence electrons. The van der Waals surface area contributed by atoms with Gasteiger partial charge in [0.15, 0.2) is 0 Å².